The summed E-state index contributed by atoms with van der Waals surface area (Å²) in [6.45, 7) is 0.174. The van der Waals surface area contributed by atoms with E-state index in [0.29, 0.717) is 22.1 Å². The van der Waals surface area contributed by atoms with Crippen LogP contribution < -0.4 is 9.47 Å². The van der Waals surface area contributed by atoms with E-state index in [0.717, 1.165) is 4.88 Å². The monoisotopic (exact) mass is 268 g/mol. The lowest BCUT2D eigenvalue weighted by atomic mass is 10.1. The zero-order valence-corrected chi connectivity index (χ0v) is 10.3. The highest BCUT2D eigenvalue weighted by molar-refractivity contribution is 7.10. The summed E-state index contributed by atoms with van der Waals surface area (Å²) in [6.07, 6.45) is -0.679. The molecule has 1 aromatic heterocycles. The van der Waals surface area contributed by atoms with Crippen molar-refractivity contribution >= 4 is 22.9 Å². The number of fused-ring (bicyclic) bond motifs is 1. The van der Waals surface area contributed by atoms with Crippen LogP contribution in [0.5, 0.6) is 11.5 Å². The second kappa shape index (κ2) is 4.22. The Labute approximate surface area is 107 Å². The summed E-state index contributed by atoms with van der Waals surface area (Å²) in [5.41, 5.74) is 0.710. The lowest BCUT2D eigenvalue weighted by molar-refractivity contribution is 0.173. The smallest absolute Gasteiger partial charge is 0.231 e. The molecule has 1 unspecified atom stereocenters. The molecule has 0 bridgehead atoms. The van der Waals surface area contributed by atoms with Crippen LogP contribution in [-0.4, -0.2) is 11.9 Å². The minimum atomic E-state index is -0.679. The van der Waals surface area contributed by atoms with Gasteiger partial charge in [-0.1, -0.05) is 17.7 Å². The molecule has 1 aliphatic heterocycles. The fraction of sp³-hybridized carbons (Fsp3) is 0.167. The van der Waals surface area contributed by atoms with E-state index in [1.165, 1.54) is 11.3 Å². The third-order valence-electron chi connectivity index (χ3n) is 2.58. The quantitative estimate of drug-likeness (QED) is 0.909. The third-order valence-corrected chi connectivity index (χ3v) is 3.78. The van der Waals surface area contributed by atoms with Crippen molar-refractivity contribution in [1.29, 1.82) is 0 Å². The van der Waals surface area contributed by atoms with Gasteiger partial charge in [0.25, 0.3) is 0 Å². The molecule has 3 nitrogen and oxygen atoms in total. The second-order valence-corrected chi connectivity index (χ2v) is 5.04. The predicted molar refractivity (Wildman–Crippen MR) is 66.0 cm³/mol. The molecule has 5 heteroatoms. The summed E-state index contributed by atoms with van der Waals surface area (Å²) in [7, 11) is 0. The summed E-state index contributed by atoms with van der Waals surface area (Å²) in [5, 5.41) is 12.6. The number of hydrogen-bond donors (Lipinski definition) is 1. The van der Waals surface area contributed by atoms with Crippen molar-refractivity contribution in [3.8, 4) is 11.5 Å². The first-order valence-electron chi connectivity index (χ1n) is 5.06. The summed E-state index contributed by atoms with van der Waals surface area (Å²) in [4.78, 5) is 0.875. The van der Waals surface area contributed by atoms with Gasteiger partial charge in [0.2, 0.25) is 6.79 Å². The Kier molecular flexibility index (Phi) is 2.70. The van der Waals surface area contributed by atoms with Gasteiger partial charge in [-0.05, 0) is 29.1 Å². The van der Waals surface area contributed by atoms with Gasteiger partial charge < -0.3 is 14.6 Å². The highest BCUT2D eigenvalue weighted by atomic mass is 35.5. The van der Waals surface area contributed by atoms with Gasteiger partial charge in [0.05, 0.1) is 5.02 Å². The first kappa shape index (κ1) is 10.9. The number of aliphatic hydroxyl groups is 1. The second-order valence-electron chi connectivity index (χ2n) is 3.65. The highest BCUT2D eigenvalue weighted by Gasteiger charge is 2.21. The van der Waals surface area contributed by atoms with Crippen LogP contribution in [0.15, 0.2) is 29.6 Å². The number of hydrogen-bond acceptors (Lipinski definition) is 4. The standard InChI is InChI=1S/C12H9ClO3S/c13-8-4-7(5-9-12(8)16-6-15-9)11(14)10-2-1-3-17-10/h1-5,11,14H,6H2. The van der Waals surface area contributed by atoms with E-state index >= 15 is 0 Å². The Morgan fingerprint density at radius 2 is 2.24 bits per heavy atom. The normalized spacial score (nSPS) is 14.9. The summed E-state index contributed by atoms with van der Waals surface area (Å²) >= 11 is 7.57. The average Bonchev–Trinajstić information content (AvgIpc) is 2.98. The van der Waals surface area contributed by atoms with Crippen molar-refractivity contribution in [3.63, 3.8) is 0 Å². The average molecular weight is 269 g/mol. The third kappa shape index (κ3) is 1.88. The van der Waals surface area contributed by atoms with Gasteiger partial charge >= 0.3 is 0 Å². The van der Waals surface area contributed by atoms with Crippen LogP contribution in [0.4, 0.5) is 0 Å². The molecule has 0 radical (unpaired) electrons. The first-order valence-corrected chi connectivity index (χ1v) is 6.32. The van der Waals surface area contributed by atoms with Crippen LogP contribution in [0.3, 0.4) is 0 Å². The van der Waals surface area contributed by atoms with Crippen LogP contribution >= 0.6 is 22.9 Å². The van der Waals surface area contributed by atoms with Gasteiger partial charge in [0.15, 0.2) is 11.5 Å². The Hall–Kier alpha value is -1.23. The highest BCUT2D eigenvalue weighted by Crippen LogP contribution is 2.42. The van der Waals surface area contributed by atoms with Gasteiger partial charge in [-0.15, -0.1) is 11.3 Å². The number of aliphatic hydroxyl groups excluding tert-OH is 1. The van der Waals surface area contributed by atoms with Crippen molar-refractivity contribution in [2.75, 3.05) is 6.79 Å². The first-order chi connectivity index (χ1) is 8.25. The topological polar surface area (TPSA) is 38.7 Å². The molecule has 1 N–H and O–H groups in total. The minimum Gasteiger partial charge on any atom is -0.454 e. The van der Waals surface area contributed by atoms with E-state index in [1.807, 2.05) is 17.5 Å². The van der Waals surface area contributed by atoms with Crippen LogP contribution in [0, 0.1) is 0 Å². The Morgan fingerprint density at radius 3 is 3.00 bits per heavy atom. The van der Waals surface area contributed by atoms with Crippen molar-refractivity contribution in [3.05, 3.63) is 45.1 Å². The summed E-state index contributed by atoms with van der Waals surface area (Å²) < 4.78 is 10.5. The van der Waals surface area contributed by atoms with E-state index in [2.05, 4.69) is 0 Å². The molecule has 2 heterocycles. The Balaban J connectivity index is 2.02. The van der Waals surface area contributed by atoms with Crippen LogP contribution in [0.25, 0.3) is 0 Å². The molecule has 0 saturated heterocycles. The molecule has 1 aliphatic rings. The van der Waals surface area contributed by atoms with Gasteiger partial charge in [0, 0.05) is 4.88 Å². The summed E-state index contributed by atoms with van der Waals surface area (Å²) in [6, 6.07) is 7.25. The maximum atomic E-state index is 10.2. The minimum absolute atomic E-state index is 0.174. The number of ether oxygens (including phenoxy) is 2. The Bertz CT molecular complexity index is 539. The van der Waals surface area contributed by atoms with Gasteiger partial charge in [-0.2, -0.15) is 0 Å². The maximum Gasteiger partial charge on any atom is 0.231 e. The van der Waals surface area contributed by atoms with E-state index in [-0.39, 0.29) is 6.79 Å². The molecular formula is C12H9ClO3S. The largest absolute Gasteiger partial charge is 0.454 e. The zero-order valence-electron chi connectivity index (χ0n) is 8.72. The number of thiophene rings is 1. The zero-order chi connectivity index (χ0) is 11.8. The van der Waals surface area contributed by atoms with E-state index in [9.17, 15) is 5.11 Å². The van der Waals surface area contributed by atoms with E-state index in [4.69, 9.17) is 21.1 Å². The lowest BCUT2D eigenvalue weighted by Gasteiger charge is -2.10. The van der Waals surface area contributed by atoms with Crippen molar-refractivity contribution in [2.45, 2.75) is 6.10 Å². The SMILES string of the molecule is OC(c1cc(Cl)c2c(c1)OCO2)c1cccs1. The molecule has 0 fully saturated rings. The summed E-state index contributed by atoms with van der Waals surface area (Å²) in [5.74, 6) is 1.14. The fourth-order valence-corrected chi connectivity index (χ4v) is 2.77. The van der Waals surface area contributed by atoms with Crippen LogP contribution in [0.2, 0.25) is 5.02 Å². The molecule has 0 aliphatic carbocycles. The van der Waals surface area contributed by atoms with Crippen LogP contribution in [0.1, 0.15) is 16.5 Å². The molecule has 0 amide bonds. The molecule has 3 rings (SSSR count). The van der Waals surface area contributed by atoms with Crippen molar-refractivity contribution in [2.24, 2.45) is 0 Å². The van der Waals surface area contributed by atoms with Gasteiger partial charge in [0.1, 0.15) is 6.10 Å². The molecule has 1 aromatic carbocycles. The lowest BCUT2D eigenvalue weighted by Crippen LogP contribution is -1.97. The number of benzene rings is 1. The molecule has 0 spiro atoms. The molecule has 1 atom stereocenters. The van der Waals surface area contributed by atoms with Gasteiger partial charge in [-0.3, -0.25) is 0 Å². The van der Waals surface area contributed by atoms with Crippen molar-refractivity contribution < 1.29 is 14.6 Å². The molecule has 88 valence electrons. The van der Waals surface area contributed by atoms with E-state index < -0.39 is 6.10 Å². The van der Waals surface area contributed by atoms with Gasteiger partial charge in [-0.25, -0.2) is 0 Å². The number of rotatable bonds is 2. The van der Waals surface area contributed by atoms with Crippen molar-refractivity contribution in [1.82, 2.24) is 0 Å². The molecule has 0 saturated carbocycles. The van der Waals surface area contributed by atoms with Crippen LogP contribution in [-0.2, 0) is 0 Å². The number of halogens is 1. The fourth-order valence-electron chi connectivity index (χ4n) is 1.76. The van der Waals surface area contributed by atoms with E-state index in [1.54, 1.807) is 12.1 Å². The predicted octanol–water partition coefficient (Wildman–Crippen LogP) is 3.21. The molecule has 17 heavy (non-hydrogen) atoms. The Morgan fingerprint density at radius 1 is 1.35 bits per heavy atom. The maximum absolute atomic E-state index is 10.2. The molecule has 2 aromatic rings. The molecular weight excluding hydrogens is 260 g/mol.